The molecule has 0 bridgehead atoms. The molecule has 0 aliphatic heterocycles. The maximum atomic E-state index is 2.40. The van der Waals surface area contributed by atoms with Crippen molar-refractivity contribution in [1.29, 1.82) is 0 Å². The van der Waals surface area contributed by atoms with E-state index in [-0.39, 0.29) is 0 Å². The molecule has 1 atom stereocenters. The summed E-state index contributed by atoms with van der Waals surface area (Å²) in [6, 6.07) is 46.6. The molecule has 0 saturated heterocycles. The lowest BCUT2D eigenvalue weighted by Gasteiger charge is -2.20. The van der Waals surface area contributed by atoms with Gasteiger partial charge >= 0.3 is 0 Å². The highest BCUT2D eigenvalue weighted by molar-refractivity contribution is 6.22. The normalized spacial score (nSPS) is 12.2. The van der Waals surface area contributed by atoms with E-state index in [1.54, 1.807) is 0 Å². The van der Waals surface area contributed by atoms with Gasteiger partial charge in [-0.3, -0.25) is 0 Å². The predicted molar refractivity (Wildman–Crippen MR) is 156 cm³/mol. The Morgan fingerprint density at radius 3 is 1.58 bits per heavy atom. The summed E-state index contributed by atoms with van der Waals surface area (Å²) in [4.78, 5) is 0. The van der Waals surface area contributed by atoms with Gasteiger partial charge in [0.15, 0.2) is 0 Å². The number of hydrogen-bond acceptors (Lipinski definition) is 0. The van der Waals surface area contributed by atoms with E-state index in [2.05, 4.69) is 141 Å². The zero-order valence-electron chi connectivity index (χ0n) is 20.9. The predicted octanol–water partition coefficient (Wildman–Crippen LogP) is 10.5. The van der Waals surface area contributed by atoms with Crippen LogP contribution in [0.15, 0.2) is 127 Å². The molecule has 0 nitrogen and oxygen atoms in total. The molecule has 0 heteroatoms. The van der Waals surface area contributed by atoms with Crippen molar-refractivity contribution in [2.24, 2.45) is 0 Å². The van der Waals surface area contributed by atoms with E-state index in [9.17, 15) is 0 Å². The van der Waals surface area contributed by atoms with E-state index < -0.39 is 0 Å². The molecule has 0 spiro atoms. The van der Waals surface area contributed by atoms with Crippen molar-refractivity contribution in [1.82, 2.24) is 0 Å². The Kier molecular flexibility index (Phi) is 5.87. The van der Waals surface area contributed by atoms with Crippen molar-refractivity contribution in [3.05, 3.63) is 133 Å². The highest BCUT2D eigenvalue weighted by Gasteiger charge is 2.19. The molecule has 0 N–H and O–H groups in total. The third-order valence-electron chi connectivity index (χ3n) is 7.57. The maximum absolute atomic E-state index is 2.40. The smallest absolute Gasteiger partial charge is 0.00201 e. The number of benzene rings is 6. The van der Waals surface area contributed by atoms with E-state index in [4.69, 9.17) is 0 Å². The van der Waals surface area contributed by atoms with Gasteiger partial charge in [-0.1, -0.05) is 141 Å². The molecular formula is C36H30. The molecule has 0 fully saturated rings. The molecule has 0 aliphatic carbocycles. The summed E-state index contributed by atoms with van der Waals surface area (Å²) in [6.45, 7) is 4.58. The van der Waals surface area contributed by atoms with Crippen LogP contribution in [0.25, 0.3) is 54.9 Å². The molecule has 1 unspecified atom stereocenters. The molecule has 6 rings (SSSR count). The Morgan fingerprint density at radius 2 is 0.972 bits per heavy atom. The average molecular weight is 463 g/mol. The molecule has 0 aliphatic rings. The minimum absolute atomic E-state index is 0.541. The topological polar surface area (TPSA) is 0 Å². The Morgan fingerprint density at radius 1 is 0.472 bits per heavy atom. The van der Waals surface area contributed by atoms with Crippen LogP contribution in [0.5, 0.6) is 0 Å². The summed E-state index contributed by atoms with van der Waals surface area (Å²) in [5.74, 6) is 0.541. The Bertz CT molecular complexity index is 1620. The first-order valence-electron chi connectivity index (χ1n) is 12.9. The molecule has 0 amide bonds. The summed E-state index contributed by atoms with van der Waals surface area (Å²) < 4.78 is 0. The molecule has 0 saturated carbocycles. The van der Waals surface area contributed by atoms with Gasteiger partial charge in [-0.25, -0.2) is 0 Å². The van der Waals surface area contributed by atoms with Crippen LogP contribution in [0.1, 0.15) is 31.7 Å². The highest BCUT2D eigenvalue weighted by atomic mass is 14.2. The van der Waals surface area contributed by atoms with Gasteiger partial charge in [-0.15, -0.1) is 0 Å². The van der Waals surface area contributed by atoms with Crippen molar-refractivity contribution in [2.45, 2.75) is 26.2 Å². The van der Waals surface area contributed by atoms with Gasteiger partial charge in [0, 0.05) is 0 Å². The molecule has 6 aromatic rings. The third kappa shape index (κ3) is 3.80. The minimum Gasteiger partial charge on any atom is -0.0648 e. The first-order chi connectivity index (χ1) is 17.8. The fraction of sp³-hybridized carbons (Fsp3) is 0.111. The molecule has 36 heavy (non-hydrogen) atoms. The summed E-state index contributed by atoms with van der Waals surface area (Å²) in [5.41, 5.74) is 9.11. The van der Waals surface area contributed by atoms with Crippen molar-refractivity contribution < 1.29 is 0 Å². The van der Waals surface area contributed by atoms with Gasteiger partial charge in [0.25, 0.3) is 0 Å². The standard InChI is InChI=1S/C36H30/c1-3-25(2)27-16-13-17-28(24-27)35-31-20-9-11-22-33(31)36(34-23-12-10-21-32(34)35)30-19-8-7-18-29(30)26-14-5-4-6-15-26/h4-25H,3H2,1-2H3. The van der Waals surface area contributed by atoms with Crippen LogP contribution in [-0.2, 0) is 0 Å². The van der Waals surface area contributed by atoms with Gasteiger partial charge < -0.3 is 0 Å². The van der Waals surface area contributed by atoms with Gasteiger partial charge in [0.05, 0.1) is 0 Å². The van der Waals surface area contributed by atoms with E-state index >= 15 is 0 Å². The van der Waals surface area contributed by atoms with Crippen LogP contribution < -0.4 is 0 Å². The zero-order valence-corrected chi connectivity index (χ0v) is 20.9. The fourth-order valence-electron chi connectivity index (χ4n) is 5.54. The molecular weight excluding hydrogens is 432 g/mol. The molecule has 0 radical (unpaired) electrons. The molecule has 0 aromatic heterocycles. The quantitative estimate of drug-likeness (QED) is 0.223. The van der Waals surface area contributed by atoms with Crippen LogP contribution in [0.4, 0.5) is 0 Å². The van der Waals surface area contributed by atoms with E-state index in [0.29, 0.717) is 5.92 Å². The summed E-state index contributed by atoms with van der Waals surface area (Å²) >= 11 is 0. The zero-order chi connectivity index (χ0) is 24.5. The SMILES string of the molecule is CCC(C)c1cccc(-c2c3ccccc3c(-c3ccccc3-c3ccccc3)c3ccccc23)c1. The monoisotopic (exact) mass is 462 g/mol. The molecule has 0 heterocycles. The first-order valence-corrected chi connectivity index (χ1v) is 12.9. The van der Waals surface area contributed by atoms with Gasteiger partial charge in [-0.2, -0.15) is 0 Å². The minimum atomic E-state index is 0.541. The Hall–Kier alpha value is -4.16. The van der Waals surface area contributed by atoms with Crippen molar-refractivity contribution in [3.63, 3.8) is 0 Å². The second-order valence-corrected chi connectivity index (χ2v) is 9.69. The lowest BCUT2D eigenvalue weighted by atomic mass is 9.83. The van der Waals surface area contributed by atoms with Gasteiger partial charge in [-0.05, 0) is 72.8 Å². The van der Waals surface area contributed by atoms with Crippen LogP contribution in [0.3, 0.4) is 0 Å². The number of fused-ring (bicyclic) bond motifs is 2. The van der Waals surface area contributed by atoms with Crippen LogP contribution >= 0.6 is 0 Å². The van der Waals surface area contributed by atoms with Crippen molar-refractivity contribution >= 4 is 21.5 Å². The summed E-state index contributed by atoms with van der Waals surface area (Å²) in [7, 11) is 0. The second kappa shape index (κ2) is 9.47. The van der Waals surface area contributed by atoms with Crippen molar-refractivity contribution in [2.75, 3.05) is 0 Å². The third-order valence-corrected chi connectivity index (χ3v) is 7.57. The lowest BCUT2D eigenvalue weighted by molar-refractivity contribution is 0.734. The van der Waals surface area contributed by atoms with E-state index in [1.165, 1.54) is 60.5 Å². The number of rotatable bonds is 5. The van der Waals surface area contributed by atoms with Crippen LogP contribution in [-0.4, -0.2) is 0 Å². The maximum Gasteiger partial charge on any atom is -0.00201 e. The largest absolute Gasteiger partial charge is 0.0648 e. The van der Waals surface area contributed by atoms with Crippen LogP contribution in [0, 0.1) is 0 Å². The molecule has 6 aromatic carbocycles. The summed E-state index contributed by atoms with van der Waals surface area (Å²) in [6.07, 6.45) is 1.14. The number of hydrogen-bond donors (Lipinski definition) is 0. The van der Waals surface area contributed by atoms with Gasteiger partial charge in [0.1, 0.15) is 0 Å². The second-order valence-electron chi connectivity index (χ2n) is 9.69. The van der Waals surface area contributed by atoms with E-state index in [1.807, 2.05) is 0 Å². The fourth-order valence-corrected chi connectivity index (χ4v) is 5.54. The first kappa shape index (κ1) is 22.3. The molecule has 174 valence electrons. The highest BCUT2D eigenvalue weighted by Crippen LogP contribution is 2.46. The Labute approximate surface area is 213 Å². The Balaban J connectivity index is 1.72. The van der Waals surface area contributed by atoms with E-state index in [0.717, 1.165) is 6.42 Å². The summed E-state index contributed by atoms with van der Waals surface area (Å²) in [5, 5.41) is 5.19. The lowest BCUT2D eigenvalue weighted by Crippen LogP contribution is -1.94. The van der Waals surface area contributed by atoms with Gasteiger partial charge in [0.2, 0.25) is 0 Å². The van der Waals surface area contributed by atoms with Crippen molar-refractivity contribution in [3.8, 4) is 33.4 Å². The van der Waals surface area contributed by atoms with Crippen LogP contribution in [0.2, 0.25) is 0 Å². The average Bonchev–Trinajstić information content (AvgIpc) is 2.96.